The van der Waals surface area contributed by atoms with E-state index in [0.29, 0.717) is 26.4 Å². The van der Waals surface area contributed by atoms with Crippen LogP contribution in [0, 0.1) is 5.92 Å². The number of nitrogens with zero attached hydrogens (tertiary/aromatic N) is 1. The maximum absolute atomic E-state index is 12.7. The number of nitrogens with one attached hydrogen (secondary N) is 1. The van der Waals surface area contributed by atoms with Crippen LogP contribution in [0.1, 0.15) is 0 Å². The number of hydrogen-bond donors (Lipinski definition) is 1. The van der Waals surface area contributed by atoms with Crippen molar-refractivity contribution in [3.8, 4) is 5.75 Å². The lowest BCUT2D eigenvalue weighted by atomic mass is 10.0. The molecule has 1 saturated heterocycles. The number of carbonyl (C=O) groups excluding carboxylic acids is 1. The lowest BCUT2D eigenvalue weighted by Gasteiger charge is -2.32. The van der Waals surface area contributed by atoms with Gasteiger partial charge in [0.15, 0.2) is 0 Å². The number of carbonyl (C=O) groups is 1. The number of rotatable bonds is 2. The van der Waals surface area contributed by atoms with E-state index in [2.05, 4.69) is 5.32 Å². The molecule has 0 radical (unpaired) electrons. The van der Waals surface area contributed by atoms with Crippen molar-refractivity contribution in [2.45, 2.75) is 6.04 Å². The van der Waals surface area contributed by atoms with E-state index in [0.717, 1.165) is 11.4 Å². The summed E-state index contributed by atoms with van der Waals surface area (Å²) in [5.41, 5.74) is 0.862. The molecule has 2 unspecified atom stereocenters. The summed E-state index contributed by atoms with van der Waals surface area (Å²) in [4.78, 5) is 14.5. The molecule has 0 bridgehead atoms. The second kappa shape index (κ2) is 5.19. The second-order valence-electron chi connectivity index (χ2n) is 4.85. The smallest absolute Gasteiger partial charge is 0.234 e. The number of amides is 1. The summed E-state index contributed by atoms with van der Waals surface area (Å²) in [6.07, 6.45) is 0. The van der Waals surface area contributed by atoms with Crippen molar-refractivity contribution in [3.63, 3.8) is 0 Å². The van der Waals surface area contributed by atoms with E-state index >= 15 is 0 Å². The predicted octanol–water partition coefficient (Wildman–Crippen LogP) is 0.646. The average molecular weight is 262 g/mol. The molecule has 2 aliphatic heterocycles. The van der Waals surface area contributed by atoms with E-state index in [1.807, 2.05) is 36.2 Å². The fraction of sp³-hybridized carbons (Fsp3) is 0.500. The fourth-order valence-electron chi connectivity index (χ4n) is 2.68. The Labute approximate surface area is 112 Å². The number of benzene rings is 1. The van der Waals surface area contributed by atoms with E-state index in [4.69, 9.17) is 9.47 Å². The molecule has 1 amide bonds. The summed E-state index contributed by atoms with van der Waals surface area (Å²) in [6, 6.07) is 7.77. The van der Waals surface area contributed by atoms with Crippen LogP contribution in [-0.4, -0.2) is 45.4 Å². The first-order valence-electron chi connectivity index (χ1n) is 6.59. The Bertz CT molecular complexity index is 478. The molecule has 3 rings (SSSR count). The van der Waals surface area contributed by atoms with Crippen molar-refractivity contribution in [3.05, 3.63) is 24.3 Å². The minimum absolute atomic E-state index is 0.0995. The van der Waals surface area contributed by atoms with Crippen LogP contribution in [-0.2, 0) is 9.53 Å². The zero-order chi connectivity index (χ0) is 13.2. The first-order chi connectivity index (χ1) is 9.31. The molecule has 5 heteroatoms. The van der Waals surface area contributed by atoms with Crippen molar-refractivity contribution in [1.29, 1.82) is 0 Å². The maximum atomic E-state index is 12.7. The quantitative estimate of drug-likeness (QED) is 0.850. The van der Waals surface area contributed by atoms with Crippen molar-refractivity contribution in [2.24, 2.45) is 5.92 Å². The van der Waals surface area contributed by atoms with Crippen LogP contribution in [0.2, 0.25) is 0 Å². The Morgan fingerprint density at radius 1 is 1.37 bits per heavy atom. The SMILES string of the molecule is CNC1COCC1C(=O)N1CCOc2ccccc21. The minimum Gasteiger partial charge on any atom is -0.490 e. The third-order valence-electron chi connectivity index (χ3n) is 3.76. The fourth-order valence-corrected chi connectivity index (χ4v) is 2.68. The van der Waals surface area contributed by atoms with Crippen LogP contribution in [0.3, 0.4) is 0 Å². The first kappa shape index (κ1) is 12.4. The molecule has 1 aromatic rings. The molecule has 2 atom stereocenters. The predicted molar refractivity (Wildman–Crippen MR) is 71.4 cm³/mol. The van der Waals surface area contributed by atoms with Crippen molar-refractivity contribution in [2.75, 3.05) is 38.3 Å². The lowest BCUT2D eigenvalue weighted by molar-refractivity contribution is -0.123. The van der Waals surface area contributed by atoms with Crippen LogP contribution in [0.4, 0.5) is 5.69 Å². The monoisotopic (exact) mass is 262 g/mol. The molecule has 102 valence electrons. The molecule has 1 fully saturated rings. The van der Waals surface area contributed by atoms with Crippen LogP contribution >= 0.6 is 0 Å². The molecule has 1 N–H and O–H groups in total. The van der Waals surface area contributed by atoms with Crippen molar-refractivity contribution in [1.82, 2.24) is 5.32 Å². The Kier molecular flexibility index (Phi) is 3.40. The molecule has 1 aromatic carbocycles. The highest BCUT2D eigenvalue weighted by Crippen LogP contribution is 2.32. The highest BCUT2D eigenvalue weighted by atomic mass is 16.5. The van der Waals surface area contributed by atoms with Crippen LogP contribution in [0.5, 0.6) is 5.75 Å². The van der Waals surface area contributed by atoms with Gasteiger partial charge in [-0.3, -0.25) is 4.79 Å². The molecular formula is C14H18N2O3. The number of para-hydroxylation sites is 2. The summed E-state index contributed by atoms with van der Waals surface area (Å²) in [6.45, 7) is 2.23. The zero-order valence-electron chi connectivity index (χ0n) is 11.0. The summed E-state index contributed by atoms with van der Waals surface area (Å²) in [5, 5.41) is 3.15. The summed E-state index contributed by atoms with van der Waals surface area (Å²) < 4.78 is 11.0. The van der Waals surface area contributed by atoms with Gasteiger partial charge in [0.1, 0.15) is 12.4 Å². The van der Waals surface area contributed by atoms with Gasteiger partial charge >= 0.3 is 0 Å². The van der Waals surface area contributed by atoms with Gasteiger partial charge < -0.3 is 19.7 Å². The van der Waals surface area contributed by atoms with Gasteiger partial charge in [0.05, 0.1) is 31.4 Å². The van der Waals surface area contributed by atoms with E-state index in [1.54, 1.807) is 0 Å². The number of fused-ring (bicyclic) bond motifs is 1. The van der Waals surface area contributed by atoms with Gasteiger partial charge in [0.25, 0.3) is 0 Å². The molecule has 5 nitrogen and oxygen atoms in total. The number of likely N-dealkylation sites (N-methyl/N-ethyl adjacent to an activating group) is 1. The highest BCUT2D eigenvalue weighted by Gasteiger charge is 2.37. The molecular weight excluding hydrogens is 244 g/mol. The Morgan fingerprint density at radius 2 is 2.21 bits per heavy atom. The Hall–Kier alpha value is -1.59. The van der Waals surface area contributed by atoms with Gasteiger partial charge in [-0.25, -0.2) is 0 Å². The normalized spacial score (nSPS) is 25.8. The Balaban J connectivity index is 1.85. The van der Waals surface area contributed by atoms with Crippen molar-refractivity contribution >= 4 is 11.6 Å². The van der Waals surface area contributed by atoms with E-state index in [9.17, 15) is 4.79 Å². The third-order valence-corrected chi connectivity index (χ3v) is 3.76. The summed E-state index contributed by atoms with van der Waals surface area (Å²) >= 11 is 0. The Morgan fingerprint density at radius 3 is 3.05 bits per heavy atom. The standard InChI is InChI=1S/C14H18N2O3/c1-15-11-9-18-8-10(11)14(17)16-6-7-19-13-5-3-2-4-12(13)16/h2-5,10-11,15H,6-9H2,1H3. The van der Waals surface area contributed by atoms with E-state index < -0.39 is 0 Å². The van der Waals surface area contributed by atoms with Gasteiger partial charge in [0, 0.05) is 6.04 Å². The highest BCUT2D eigenvalue weighted by molar-refractivity contribution is 5.97. The molecule has 0 spiro atoms. The van der Waals surface area contributed by atoms with Gasteiger partial charge in [-0.05, 0) is 19.2 Å². The lowest BCUT2D eigenvalue weighted by Crippen LogP contribution is -2.47. The maximum Gasteiger partial charge on any atom is 0.234 e. The first-order valence-corrected chi connectivity index (χ1v) is 6.59. The third kappa shape index (κ3) is 2.19. The van der Waals surface area contributed by atoms with Gasteiger partial charge in [-0.15, -0.1) is 0 Å². The molecule has 0 aliphatic carbocycles. The molecule has 2 heterocycles. The molecule has 2 aliphatic rings. The number of anilines is 1. The van der Waals surface area contributed by atoms with Crippen LogP contribution in [0.25, 0.3) is 0 Å². The second-order valence-corrected chi connectivity index (χ2v) is 4.85. The minimum atomic E-state index is -0.115. The average Bonchev–Trinajstić information content (AvgIpc) is 2.94. The largest absolute Gasteiger partial charge is 0.490 e. The van der Waals surface area contributed by atoms with Gasteiger partial charge in [0.2, 0.25) is 5.91 Å². The molecule has 19 heavy (non-hydrogen) atoms. The van der Waals surface area contributed by atoms with Gasteiger partial charge in [-0.1, -0.05) is 12.1 Å². The van der Waals surface area contributed by atoms with E-state index in [-0.39, 0.29) is 17.9 Å². The summed E-state index contributed by atoms with van der Waals surface area (Å²) in [7, 11) is 1.87. The van der Waals surface area contributed by atoms with Crippen LogP contribution < -0.4 is 15.0 Å². The van der Waals surface area contributed by atoms with Gasteiger partial charge in [-0.2, -0.15) is 0 Å². The van der Waals surface area contributed by atoms with Crippen LogP contribution in [0.15, 0.2) is 24.3 Å². The number of hydrogen-bond acceptors (Lipinski definition) is 4. The zero-order valence-corrected chi connectivity index (χ0v) is 11.0. The number of ether oxygens (including phenoxy) is 2. The topological polar surface area (TPSA) is 50.8 Å². The molecule has 0 saturated carbocycles. The molecule has 0 aromatic heterocycles. The van der Waals surface area contributed by atoms with E-state index in [1.165, 1.54) is 0 Å². The van der Waals surface area contributed by atoms with Crippen molar-refractivity contribution < 1.29 is 14.3 Å². The summed E-state index contributed by atoms with van der Waals surface area (Å²) in [5.74, 6) is 0.783.